The fourth-order valence-electron chi connectivity index (χ4n) is 5.43. The summed E-state index contributed by atoms with van der Waals surface area (Å²) < 4.78 is 0. The average molecular weight is 501 g/mol. The Morgan fingerprint density at radius 1 is 0.333 bits per heavy atom. The van der Waals surface area contributed by atoms with Gasteiger partial charge in [-0.25, -0.2) is 9.97 Å². The van der Waals surface area contributed by atoms with Gasteiger partial charge in [0.1, 0.15) is 5.82 Å². The van der Waals surface area contributed by atoms with Crippen LogP contribution in [-0.2, 0) is 25.7 Å². The van der Waals surface area contributed by atoms with Crippen LogP contribution in [0.2, 0.25) is 0 Å². The molecule has 0 saturated heterocycles. The smallest absolute Gasteiger partial charge is 0.128 e. The van der Waals surface area contributed by atoms with Gasteiger partial charge in [-0.15, -0.1) is 0 Å². The van der Waals surface area contributed by atoms with E-state index in [0.29, 0.717) is 0 Å². The molecular weight excluding hydrogens is 436 g/mol. The van der Waals surface area contributed by atoms with Crippen LogP contribution < -0.4 is 0 Å². The number of aryl methyl sites for hydroxylation is 3. The molecule has 0 atom stereocenters. The van der Waals surface area contributed by atoms with Crippen molar-refractivity contribution in [1.29, 1.82) is 0 Å². The van der Waals surface area contributed by atoms with E-state index in [0.717, 1.165) is 18.7 Å². The molecule has 0 aliphatic carbocycles. The minimum atomic E-state index is 1.03. The number of nitrogens with zero attached hydrogens (tertiary/aromatic N) is 2. The van der Waals surface area contributed by atoms with Gasteiger partial charge in [-0.2, -0.15) is 0 Å². The van der Waals surface area contributed by atoms with Crippen molar-refractivity contribution in [3.63, 3.8) is 0 Å². The molecule has 2 heteroatoms. The van der Waals surface area contributed by atoms with Crippen LogP contribution in [0.4, 0.5) is 0 Å². The zero-order valence-corrected chi connectivity index (χ0v) is 25.3. The molecule has 0 aliphatic heterocycles. The van der Waals surface area contributed by atoms with Gasteiger partial charge in [-0.1, -0.05) is 143 Å². The highest BCUT2D eigenvalue weighted by atomic mass is 14.9. The molecule has 0 aliphatic rings. The highest BCUT2D eigenvalue weighted by Crippen LogP contribution is 2.22. The summed E-state index contributed by atoms with van der Waals surface area (Å²) in [7, 11) is 0. The molecule has 1 aromatic rings. The molecule has 0 radical (unpaired) electrons. The van der Waals surface area contributed by atoms with Crippen molar-refractivity contribution in [2.45, 2.75) is 195 Å². The maximum absolute atomic E-state index is 5.18. The predicted octanol–water partition coefficient (Wildman–Crippen LogP) is 11.3. The lowest BCUT2D eigenvalue weighted by atomic mass is 9.96. The van der Waals surface area contributed by atoms with Gasteiger partial charge in [-0.3, -0.25) is 0 Å². The van der Waals surface area contributed by atoms with Crippen molar-refractivity contribution in [2.24, 2.45) is 0 Å². The summed E-state index contributed by atoms with van der Waals surface area (Å²) in [6.45, 7) is 9.18. The van der Waals surface area contributed by atoms with Gasteiger partial charge in [0, 0.05) is 17.8 Å². The van der Waals surface area contributed by atoms with E-state index >= 15 is 0 Å². The second-order valence-electron chi connectivity index (χ2n) is 11.4. The number of unbranched alkanes of at least 4 members (excludes halogenated alkanes) is 18. The van der Waals surface area contributed by atoms with Crippen LogP contribution in [-0.4, -0.2) is 9.97 Å². The molecule has 0 N–H and O–H groups in total. The number of hydrogen-bond donors (Lipinski definition) is 0. The third-order valence-corrected chi connectivity index (χ3v) is 7.76. The van der Waals surface area contributed by atoms with Crippen LogP contribution >= 0.6 is 0 Å². The van der Waals surface area contributed by atoms with Gasteiger partial charge in [-0.05, 0) is 50.5 Å². The lowest BCUT2D eigenvalue weighted by Crippen LogP contribution is -2.11. The Morgan fingerprint density at radius 3 is 1.03 bits per heavy atom. The van der Waals surface area contributed by atoms with Crippen LogP contribution in [0.25, 0.3) is 0 Å². The van der Waals surface area contributed by atoms with Gasteiger partial charge in [0.25, 0.3) is 0 Å². The molecule has 1 rings (SSSR count). The van der Waals surface area contributed by atoms with Crippen molar-refractivity contribution >= 4 is 0 Å². The monoisotopic (exact) mass is 501 g/mol. The van der Waals surface area contributed by atoms with Gasteiger partial charge in [0.05, 0.1) is 0 Å². The molecule has 2 nitrogen and oxygen atoms in total. The largest absolute Gasteiger partial charge is 0.238 e. The fraction of sp³-hybridized carbons (Fsp3) is 0.882. The van der Waals surface area contributed by atoms with Crippen LogP contribution in [0.15, 0.2) is 0 Å². The first-order valence-corrected chi connectivity index (χ1v) is 16.6. The fourth-order valence-corrected chi connectivity index (χ4v) is 5.43. The summed E-state index contributed by atoms with van der Waals surface area (Å²) in [6.07, 6.45) is 34.6. The molecule has 36 heavy (non-hydrogen) atoms. The van der Waals surface area contributed by atoms with Gasteiger partial charge >= 0.3 is 0 Å². The third-order valence-electron chi connectivity index (χ3n) is 7.76. The summed E-state index contributed by atoms with van der Waals surface area (Å²) in [6, 6.07) is 0. The first-order valence-electron chi connectivity index (χ1n) is 16.6. The summed E-state index contributed by atoms with van der Waals surface area (Å²) in [5, 5.41) is 0. The summed E-state index contributed by atoms with van der Waals surface area (Å²) in [4.78, 5) is 10.4. The molecular formula is C34H64N2. The highest BCUT2D eigenvalue weighted by Gasteiger charge is 2.14. The first-order chi connectivity index (χ1) is 17.8. The van der Waals surface area contributed by atoms with Gasteiger partial charge < -0.3 is 0 Å². The Labute approximate surface area is 227 Å². The molecule has 0 unspecified atom stereocenters. The zero-order chi connectivity index (χ0) is 26.1. The van der Waals surface area contributed by atoms with E-state index in [9.17, 15) is 0 Å². The molecule has 0 spiro atoms. The number of hydrogen-bond acceptors (Lipinski definition) is 2. The molecule has 210 valence electrons. The van der Waals surface area contributed by atoms with Crippen molar-refractivity contribution in [3.05, 3.63) is 22.8 Å². The maximum atomic E-state index is 5.18. The SMILES string of the molecule is CCCCCCCCCc1nc(CCC)nc(CCCCCCCCC)c1CCCCCCCCC. The topological polar surface area (TPSA) is 25.8 Å². The quantitative estimate of drug-likeness (QED) is 0.118. The highest BCUT2D eigenvalue weighted by molar-refractivity contribution is 5.27. The molecule has 0 bridgehead atoms. The zero-order valence-electron chi connectivity index (χ0n) is 25.3. The Morgan fingerprint density at radius 2 is 0.667 bits per heavy atom. The molecule has 0 saturated carbocycles. The van der Waals surface area contributed by atoms with E-state index in [2.05, 4.69) is 27.7 Å². The summed E-state index contributed by atoms with van der Waals surface area (Å²) in [5.74, 6) is 1.12. The van der Waals surface area contributed by atoms with Crippen molar-refractivity contribution in [3.8, 4) is 0 Å². The summed E-state index contributed by atoms with van der Waals surface area (Å²) in [5.41, 5.74) is 4.40. The van der Waals surface area contributed by atoms with E-state index in [-0.39, 0.29) is 0 Å². The van der Waals surface area contributed by atoms with Crippen molar-refractivity contribution < 1.29 is 0 Å². The van der Waals surface area contributed by atoms with Crippen LogP contribution in [0.3, 0.4) is 0 Å². The van der Waals surface area contributed by atoms with E-state index in [4.69, 9.17) is 9.97 Å². The Hall–Kier alpha value is -0.920. The van der Waals surface area contributed by atoms with Crippen LogP contribution in [0, 0.1) is 0 Å². The molecule has 0 fully saturated rings. The van der Waals surface area contributed by atoms with E-state index in [1.165, 1.54) is 165 Å². The molecule has 0 aromatic carbocycles. The average Bonchev–Trinajstić information content (AvgIpc) is 2.88. The Bertz CT molecular complexity index is 570. The van der Waals surface area contributed by atoms with Gasteiger partial charge in [0.2, 0.25) is 0 Å². The number of aromatic nitrogens is 2. The van der Waals surface area contributed by atoms with E-state index in [1.54, 1.807) is 5.56 Å². The second kappa shape index (κ2) is 24.4. The Kier molecular flexibility index (Phi) is 22.5. The second-order valence-corrected chi connectivity index (χ2v) is 11.4. The molecule has 1 heterocycles. The lowest BCUT2D eigenvalue weighted by Gasteiger charge is -2.16. The lowest BCUT2D eigenvalue weighted by molar-refractivity contribution is 0.570. The normalized spacial score (nSPS) is 11.4. The van der Waals surface area contributed by atoms with Crippen LogP contribution in [0.5, 0.6) is 0 Å². The van der Waals surface area contributed by atoms with Gasteiger partial charge in [0.15, 0.2) is 0 Å². The first kappa shape index (κ1) is 33.1. The van der Waals surface area contributed by atoms with E-state index in [1.807, 2.05) is 0 Å². The van der Waals surface area contributed by atoms with Crippen LogP contribution in [0.1, 0.15) is 192 Å². The minimum Gasteiger partial charge on any atom is -0.238 e. The maximum Gasteiger partial charge on any atom is 0.128 e. The third kappa shape index (κ3) is 16.8. The van der Waals surface area contributed by atoms with Crippen molar-refractivity contribution in [2.75, 3.05) is 0 Å². The predicted molar refractivity (Wildman–Crippen MR) is 161 cm³/mol. The molecule has 0 amide bonds. The standard InChI is InChI=1S/C34H64N2/c1-5-9-12-15-18-21-24-28-31-32(29-25-22-19-16-13-10-6-2)35-34(27-8-4)36-33(31)30-26-23-20-17-14-11-7-3/h5-30H2,1-4H3. The summed E-state index contributed by atoms with van der Waals surface area (Å²) >= 11 is 0. The molecule has 1 aromatic heterocycles. The van der Waals surface area contributed by atoms with E-state index < -0.39 is 0 Å². The van der Waals surface area contributed by atoms with Crippen molar-refractivity contribution in [1.82, 2.24) is 9.97 Å². The Balaban J connectivity index is 2.75. The number of rotatable bonds is 26. The minimum absolute atomic E-state index is 1.03.